The van der Waals surface area contributed by atoms with Crippen molar-refractivity contribution in [2.45, 2.75) is 38.8 Å². The normalized spacial score (nSPS) is 24.0. The molecule has 2 aliphatic rings. The Hall–Kier alpha value is -2.02. The third kappa shape index (κ3) is 4.94. The molecule has 1 N–H and O–H groups in total. The van der Waals surface area contributed by atoms with Crippen LogP contribution < -0.4 is 4.90 Å². The van der Waals surface area contributed by atoms with E-state index in [-0.39, 0.29) is 12.1 Å². The summed E-state index contributed by atoms with van der Waals surface area (Å²) in [4.78, 5) is 16.2. The summed E-state index contributed by atoms with van der Waals surface area (Å²) in [5, 5.41) is 10.9. The van der Waals surface area contributed by atoms with Gasteiger partial charge in [0.1, 0.15) is 11.6 Å². The van der Waals surface area contributed by atoms with Crippen LogP contribution in [0.3, 0.4) is 0 Å². The standard InChI is InChI=1S/C23H33N5O/c1-18-16-24-19(2)25-23(18)28-11-9-21(22(29)17-28)27-14-12-26(13-15-27)10-8-20-6-4-3-5-7-20/h3-7,16,21-22,29H,8-15,17H2,1-2H3/t21-,22-/m1/s1. The fraction of sp³-hybridized carbons (Fsp3) is 0.565. The lowest BCUT2D eigenvalue weighted by molar-refractivity contribution is 0.00965. The minimum absolute atomic E-state index is 0.255. The molecule has 6 nitrogen and oxygen atoms in total. The van der Waals surface area contributed by atoms with Crippen molar-refractivity contribution in [2.75, 3.05) is 50.7 Å². The lowest BCUT2D eigenvalue weighted by atomic mass is 9.98. The quantitative estimate of drug-likeness (QED) is 0.835. The molecule has 0 bridgehead atoms. The van der Waals surface area contributed by atoms with E-state index in [9.17, 15) is 5.11 Å². The van der Waals surface area contributed by atoms with Crippen LogP contribution in [0.5, 0.6) is 0 Å². The molecule has 1 aromatic heterocycles. The number of hydrogen-bond acceptors (Lipinski definition) is 6. The van der Waals surface area contributed by atoms with Crippen molar-refractivity contribution in [3.63, 3.8) is 0 Å². The third-order valence-electron chi connectivity index (χ3n) is 6.35. The molecule has 2 atom stereocenters. The van der Waals surface area contributed by atoms with Gasteiger partial charge in [-0.2, -0.15) is 0 Å². The van der Waals surface area contributed by atoms with Gasteiger partial charge in [-0.25, -0.2) is 9.97 Å². The molecule has 0 unspecified atom stereocenters. The molecular formula is C23H33N5O. The van der Waals surface area contributed by atoms with Gasteiger partial charge in [-0.1, -0.05) is 30.3 Å². The number of aliphatic hydroxyl groups is 1. The molecule has 0 saturated carbocycles. The molecule has 4 rings (SSSR count). The van der Waals surface area contributed by atoms with Crippen LogP contribution in [-0.4, -0.2) is 82.8 Å². The first kappa shape index (κ1) is 20.3. The van der Waals surface area contributed by atoms with Gasteiger partial charge in [-0.3, -0.25) is 4.90 Å². The zero-order valence-corrected chi connectivity index (χ0v) is 17.7. The number of nitrogens with zero attached hydrogens (tertiary/aromatic N) is 5. The Morgan fingerprint density at radius 1 is 1.03 bits per heavy atom. The molecule has 29 heavy (non-hydrogen) atoms. The van der Waals surface area contributed by atoms with Crippen molar-refractivity contribution in [1.82, 2.24) is 19.8 Å². The Morgan fingerprint density at radius 3 is 2.52 bits per heavy atom. The molecule has 2 fully saturated rings. The average Bonchev–Trinajstić information content (AvgIpc) is 2.75. The van der Waals surface area contributed by atoms with Crippen LogP contribution in [0, 0.1) is 13.8 Å². The van der Waals surface area contributed by atoms with Gasteiger partial charge in [0.15, 0.2) is 0 Å². The van der Waals surface area contributed by atoms with Crippen LogP contribution in [0.4, 0.5) is 5.82 Å². The summed E-state index contributed by atoms with van der Waals surface area (Å²) in [5.74, 6) is 1.76. The Morgan fingerprint density at radius 2 is 1.79 bits per heavy atom. The molecular weight excluding hydrogens is 362 g/mol. The second kappa shape index (κ2) is 9.20. The first-order chi connectivity index (χ1) is 14.1. The zero-order valence-electron chi connectivity index (χ0n) is 17.7. The summed E-state index contributed by atoms with van der Waals surface area (Å²) in [7, 11) is 0. The van der Waals surface area contributed by atoms with E-state index in [1.807, 2.05) is 20.0 Å². The maximum Gasteiger partial charge on any atom is 0.135 e. The molecule has 0 radical (unpaired) electrons. The van der Waals surface area contributed by atoms with Gasteiger partial charge in [-0.05, 0) is 32.3 Å². The highest BCUT2D eigenvalue weighted by Crippen LogP contribution is 2.24. The monoisotopic (exact) mass is 395 g/mol. The van der Waals surface area contributed by atoms with Gasteiger partial charge < -0.3 is 14.9 Å². The summed E-state index contributed by atoms with van der Waals surface area (Å²) in [6.45, 7) is 10.9. The van der Waals surface area contributed by atoms with E-state index in [4.69, 9.17) is 0 Å². The summed E-state index contributed by atoms with van der Waals surface area (Å²) in [5.41, 5.74) is 2.49. The number of anilines is 1. The summed E-state index contributed by atoms with van der Waals surface area (Å²) in [6, 6.07) is 11.0. The van der Waals surface area contributed by atoms with Gasteiger partial charge in [-0.15, -0.1) is 0 Å². The predicted octanol–water partition coefficient (Wildman–Crippen LogP) is 1.89. The van der Waals surface area contributed by atoms with E-state index < -0.39 is 0 Å². The van der Waals surface area contributed by atoms with Crippen molar-refractivity contribution in [1.29, 1.82) is 0 Å². The van der Waals surface area contributed by atoms with Gasteiger partial charge >= 0.3 is 0 Å². The van der Waals surface area contributed by atoms with Crippen molar-refractivity contribution >= 4 is 5.82 Å². The maximum absolute atomic E-state index is 10.9. The Bertz CT molecular complexity index is 791. The fourth-order valence-corrected chi connectivity index (χ4v) is 4.63. The number of aliphatic hydroxyl groups excluding tert-OH is 1. The number of aromatic nitrogens is 2. The fourth-order valence-electron chi connectivity index (χ4n) is 4.63. The molecule has 2 saturated heterocycles. The number of piperazine rings is 1. The van der Waals surface area contributed by atoms with E-state index in [0.717, 1.165) is 69.3 Å². The van der Waals surface area contributed by atoms with E-state index in [0.29, 0.717) is 6.54 Å². The van der Waals surface area contributed by atoms with E-state index >= 15 is 0 Å². The van der Waals surface area contributed by atoms with Crippen LogP contribution in [0.2, 0.25) is 0 Å². The summed E-state index contributed by atoms with van der Waals surface area (Å²) >= 11 is 0. The van der Waals surface area contributed by atoms with Crippen LogP contribution in [0.1, 0.15) is 23.4 Å². The topological polar surface area (TPSA) is 55.7 Å². The molecule has 0 spiro atoms. The van der Waals surface area contributed by atoms with Crippen LogP contribution in [0.15, 0.2) is 36.5 Å². The van der Waals surface area contributed by atoms with Gasteiger partial charge in [0, 0.05) is 63.6 Å². The predicted molar refractivity (Wildman–Crippen MR) is 116 cm³/mol. The average molecular weight is 396 g/mol. The van der Waals surface area contributed by atoms with Gasteiger partial charge in [0.2, 0.25) is 0 Å². The van der Waals surface area contributed by atoms with Crippen molar-refractivity contribution in [2.24, 2.45) is 0 Å². The van der Waals surface area contributed by atoms with Crippen LogP contribution in [-0.2, 0) is 6.42 Å². The number of piperidine rings is 1. The minimum atomic E-state index is -0.339. The second-order valence-corrected chi connectivity index (χ2v) is 8.41. The third-order valence-corrected chi connectivity index (χ3v) is 6.35. The molecule has 156 valence electrons. The highest BCUT2D eigenvalue weighted by atomic mass is 16.3. The van der Waals surface area contributed by atoms with Crippen LogP contribution in [0.25, 0.3) is 0 Å². The lowest BCUT2D eigenvalue weighted by Crippen LogP contribution is -2.59. The SMILES string of the molecule is Cc1ncc(C)c(N2CC[C@@H](N3CCN(CCc4ccccc4)CC3)[C@H](O)C2)n1. The summed E-state index contributed by atoms with van der Waals surface area (Å²) < 4.78 is 0. The molecule has 3 heterocycles. The highest BCUT2D eigenvalue weighted by Gasteiger charge is 2.34. The number of rotatable bonds is 5. The minimum Gasteiger partial charge on any atom is -0.390 e. The first-order valence-corrected chi connectivity index (χ1v) is 10.8. The van der Waals surface area contributed by atoms with Gasteiger partial charge in [0.25, 0.3) is 0 Å². The second-order valence-electron chi connectivity index (χ2n) is 8.41. The Balaban J connectivity index is 1.27. The molecule has 2 aromatic rings. The first-order valence-electron chi connectivity index (χ1n) is 10.8. The van der Waals surface area contributed by atoms with Crippen molar-refractivity contribution < 1.29 is 5.11 Å². The van der Waals surface area contributed by atoms with E-state index in [1.165, 1.54) is 5.56 Å². The maximum atomic E-state index is 10.9. The molecule has 1 aromatic carbocycles. The van der Waals surface area contributed by atoms with E-state index in [1.54, 1.807) is 0 Å². The number of benzene rings is 1. The van der Waals surface area contributed by atoms with Gasteiger partial charge in [0.05, 0.1) is 6.10 Å². The molecule has 0 amide bonds. The lowest BCUT2D eigenvalue weighted by Gasteiger charge is -2.45. The van der Waals surface area contributed by atoms with Crippen molar-refractivity contribution in [3.05, 3.63) is 53.5 Å². The zero-order chi connectivity index (χ0) is 20.2. The Kier molecular flexibility index (Phi) is 6.43. The molecule has 6 heteroatoms. The van der Waals surface area contributed by atoms with E-state index in [2.05, 4.69) is 55.0 Å². The molecule has 0 aliphatic carbocycles. The Labute approximate surface area is 174 Å². The number of hydrogen-bond donors (Lipinski definition) is 1. The van der Waals surface area contributed by atoms with Crippen molar-refractivity contribution in [3.8, 4) is 0 Å². The number of β-amino-alcohol motifs (C(OH)–C–C–N with tert-alkyl or cyclic N) is 1. The smallest absolute Gasteiger partial charge is 0.135 e. The summed E-state index contributed by atoms with van der Waals surface area (Å²) in [6.07, 6.45) is 3.63. The molecule has 2 aliphatic heterocycles. The largest absolute Gasteiger partial charge is 0.390 e. The van der Waals surface area contributed by atoms with Crippen LogP contribution >= 0.6 is 0 Å². The number of aryl methyl sites for hydroxylation is 2. The highest BCUT2D eigenvalue weighted by molar-refractivity contribution is 5.46.